The number of carbonyl (C=O) groups excluding carboxylic acids is 2. The summed E-state index contributed by atoms with van der Waals surface area (Å²) in [4.78, 5) is 22.4. The van der Waals surface area contributed by atoms with Crippen molar-refractivity contribution in [2.45, 2.75) is 45.5 Å². The third-order valence-electron chi connectivity index (χ3n) is 2.20. The van der Waals surface area contributed by atoms with E-state index in [2.05, 4.69) is 4.72 Å². The lowest BCUT2D eigenvalue weighted by atomic mass is 10.4. The molecule has 0 bridgehead atoms. The lowest BCUT2D eigenvalue weighted by molar-refractivity contribution is -0.142. The van der Waals surface area contributed by atoms with Crippen LogP contribution in [-0.2, 0) is 29.1 Å². The maximum absolute atomic E-state index is 11.4. The van der Waals surface area contributed by atoms with Crippen molar-refractivity contribution in [1.29, 1.82) is 0 Å². The highest BCUT2D eigenvalue weighted by Crippen LogP contribution is 1.96. The van der Waals surface area contributed by atoms with E-state index in [0.29, 0.717) is 6.42 Å². The Morgan fingerprint density at radius 2 is 1.67 bits per heavy atom. The van der Waals surface area contributed by atoms with Crippen LogP contribution in [0.1, 0.15) is 34.1 Å². The Morgan fingerprint density at radius 3 is 2.19 bits per heavy atom. The normalized spacial score (nSPS) is 12.1. The molecule has 0 aliphatic heterocycles. The predicted octanol–water partition coefficient (Wildman–Crippen LogP) is 0.755. The van der Waals surface area contributed by atoms with E-state index in [-0.39, 0.29) is 19.3 Å². The van der Waals surface area contributed by atoms with E-state index in [1.54, 1.807) is 27.7 Å². The minimum Gasteiger partial charge on any atom is -0.462 e. The second-order valence-corrected chi connectivity index (χ2v) is 7.15. The van der Waals surface area contributed by atoms with E-state index in [4.69, 9.17) is 9.47 Å². The van der Waals surface area contributed by atoms with E-state index in [1.807, 2.05) is 0 Å². The number of ether oxygens (including phenoxy) is 2. The molecule has 0 aliphatic rings. The van der Waals surface area contributed by atoms with Gasteiger partial charge in [-0.3, -0.25) is 0 Å². The Labute approximate surface area is 125 Å². The lowest BCUT2D eigenvalue weighted by Gasteiger charge is -2.09. The smallest absolute Gasteiger partial charge is 0.331 e. The molecule has 0 saturated heterocycles. The van der Waals surface area contributed by atoms with E-state index < -0.39 is 27.2 Å². The third-order valence-corrected chi connectivity index (χ3v) is 4.04. The van der Waals surface area contributed by atoms with Crippen LogP contribution in [0.25, 0.3) is 0 Å². The molecule has 122 valence electrons. The van der Waals surface area contributed by atoms with Gasteiger partial charge in [0.25, 0.3) is 0 Å². The summed E-state index contributed by atoms with van der Waals surface area (Å²) in [7, 11) is -3.30. The predicted molar refractivity (Wildman–Crippen MR) is 78.0 cm³/mol. The molecule has 0 spiro atoms. The van der Waals surface area contributed by atoms with Crippen LogP contribution in [0.3, 0.4) is 0 Å². The molecular weight excluding hydrogens is 298 g/mol. The number of sulfonamides is 1. The van der Waals surface area contributed by atoms with Crippen molar-refractivity contribution in [3.8, 4) is 0 Å². The van der Waals surface area contributed by atoms with Crippen LogP contribution in [0.5, 0.6) is 0 Å². The van der Waals surface area contributed by atoms with Crippen LogP contribution in [-0.4, -0.2) is 44.9 Å². The van der Waals surface area contributed by atoms with Crippen molar-refractivity contribution in [2.24, 2.45) is 0 Å². The molecule has 21 heavy (non-hydrogen) atoms. The zero-order chi connectivity index (χ0) is 16.5. The summed E-state index contributed by atoms with van der Waals surface area (Å²) in [5, 5.41) is -0.505. The Balaban J connectivity index is 3.86. The van der Waals surface area contributed by atoms with E-state index in [0.717, 1.165) is 12.2 Å². The first kappa shape index (κ1) is 19.6. The minimum absolute atomic E-state index is 0.0585. The second-order valence-electron chi connectivity index (χ2n) is 4.83. The minimum atomic E-state index is -3.30. The van der Waals surface area contributed by atoms with Crippen LogP contribution in [0.4, 0.5) is 0 Å². The number of esters is 2. The first-order valence-corrected chi connectivity index (χ1v) is 8.23. The molecule has 1 N–H and O–H groups in total. The van der Waals surface area contributed by atoms with Gasteiger partial charge in [-0.2, -0.15) is 0 Å². The highest BCUT2D eigenvalue weighted by atomic mass is 32.2. The number of rotatable bonds is 9. The first-order valence-electron chi connectivity index (χ1n) is 6.69. The summed E-state index contributed by atoms with van der Waals surface area (Å²) >= 11 is 0. The van der Waals surface area contributed by atoms with Gasteiger partial charge in [-0.05, 0) is 34.1 Å². The standard InChI is InChI=1S/C13H23NO6S/c1-10(2)20-13(16)7-6-12(15)19-9-5-8-14-21(17,18)11(3)4/h6-7,10-11,14H,5,8-9H2,1-4H3/b7-6+. The average molecular weight is 321 g/mol. The number of hydrogen-bond donors (Lipinski definition) is 1. The van der Waals surface area contributed by atoms with Crippen molar-refractivity contribution in [3.05, 3.63) is 12.2 Å². The van der Waals surface area contributed by atoms with Crippen molar-refractivity contribution < 1.29 is 27.5 Å². The van der Waals surface area contributed by atoms with Gasteiger partial charge in [0.1, 0.15) is 0 Å². The van der Waals surface area contributed by atoms with Crippen molar-refractivity contribution in [1.82, 2.24) is 4.72 Å². The summed E-state index contributed by atoms with van der Waals surface area (Å²) in [5.41, 5.74) is 0. The molecule has 0 rings (SSSR count). The Morgan fingerprint density at radius 1 is 1.10 bits per heavy atom. The fourth-order valence-corrected chi connectivity index (χ4v) is 1.84. The fourth-order valence-electron chi connectivity index (χ4n) is 1.08. The summed E-state index contributed by atoms with van der Waals surface area (Å²) in [5.74, 6) is -1.30. The van der Waals surface area contributed by atoms with Gasteiger partial charge in [-0.15, -0.1) is 0 Å². The third kappa shape index (κ3) is 10.0. The van der Waals surface area contributed by atoms with Crippen molar-refractivity contribution in [3.63, 3.8) is 0 Å². The van der Waals surface area contributed by atoms with E-state index in [1.165, 1.54) is 0 Å². The highest BCUT2D eigenvalue weighted by Gasteiger charge is 2.14. The van der Waals surface area contributed by atoms with Gasteiger partial charge in [0.15, 0.2) is 0 Å². The monoisotopic (exact) mass is 321 g/mol. The van der Waals surface area contributed by atoms with Crippen molar-refractivity contribution in [2.75, 3.05) is 13.2 Å². The maximum atomic E-state index is 11.4. The van der Waals surface area contributed by atoms with Crippen LogP contribution >= 0.6 is 0 Å². The molecule has 0 aromatic heterocycles. The molecule has 7 nitrogen and oxygen atoms in total. The van der Waals surface area contributed by atoms with Gasteiger partial charge in [0.05, 0.1) is 18.0 Å². The van der Waals surface area contributed by atoms with Gasteiger partial charge >= 0.3 is 11.9 Å². The lowest BCUT2D eigenvalue weighted by Crippen LogP contribution is -2.32. The molecule has 0 radical (unpaired) electrons. The van der Waals surface area contributed by atoms with Gasteiger partial charge in [0.2, 0.25) is 10.0 Å². The van der Waals surface area contributed by atoms with Crippen molar-refractivity contribution >= 4 is 22.0 Å². The van der Waals surface area contributed by atoms with Crippen LogP contribution in [0.15, 0.2) is 12.2 Å². The second kappa shape index (κ2) is 9.51. The summed E-state index contributed by atoms with van der Waals surface area (Å²) < 4.78 is 34.8. The molecule has 0 aromatic rings. The maximum Gasteiger partial charge on any atom is 0.331 e. The molecule has 0 atom stereocenters. The molecule has 0 fully saturated rings. The molecule has 0 aromatic carbocycles. The van der Waals surface area contributed by atoms with E-state index in [9.17, 15) is 18.0 Å². The molecule has 0 aliphatic carbocycles. The number of hydrogen-bond acceptors (Lipinski definition) is 6. The highest BCUT2D eigenvalue weighted by molar-refractivity contribution is 7.90. The first-order chi connectivity index (χ1) is 9.65. The molecule has 0 unspecified atom stereocenters. The summed E-state index contributed by atoms with van der Waals surface area (Å²) in [6, 6.07) is 0. The Kier molecular flexibility index (Phi) is 8.87. The van der Waals surface area contributed by atoms with Crippen LogP contribution in [0.2, 0.25) is 0 Å². The Hall–Kier alpha value is -1.41. The van der Waals surface area contributed by atoms with Gasteiger partial charge in [0, 0.05) is 18.7 Å². The van der Waals surface area contributed by atoms with Gasteiger partial charge < -0.3 is 9.47 Å². The topological polar surface area (TPSA) is 98.8 Å². The molecule has 0 amide bonds. The van der Waals surface area contributed by atoms with E-state index >= 15 is 0 Å². The summed E-state index contributed by atoms with van der Waals surface area (Å²) in [6.07, 6.45) is 2.06. The molecule has 0 saturated carbocycles. The van der Waals surface area contributed by atoms with Crippen LogP contribution < -0.4 is 4.72 Å². The summed E-state index contributed by atoms with van der Waals surface area (Å²) in [6.45, 7) is 6.78. The van der Waals surface area contributed by atoms with Gasteiger partial charge in [-0.1, -0.05) is 0 Å². The molecule has 8 heteroatoms. The van der Waals surface area contributed by atoms with Gasteiger partial charge in [-0.25, -0.2) is 22.7 Å². The zero-order valence-corrected chi connectivity index (χ0v) is 13.6. The molecular formula is C13H23NO6S. The largest absolute Gasteiger partial charge is 0.462 e. The zero-order valence-electron chi connectivity index (χ0n) is 12.8. The number of carbonyl (C=O) groups is 2. The SMILES string of the molecule is CC(C)OC(=O)/C=C/C(=O)OCCCNS(=O)(=O)C(C)C. The van der Waals surface area contributed by atoms with Crippen LogP contribution in [0, 0.1) is 0 Å². The molecule has 0 heterocycles. The fraction of sp³-hybridized carbons (Fsp3) is 0.692. The number of nitrogens with one attached hydrogen (secondary N) is 1. The average Bonchev–Trinajstić information content (AvgIpc) is 2.34. The Bertz CT molecular complexity index is 467. The quantitative estimate of drug-likeness (QED) is 0.382.